The number of nitrogens with zero attached hydrogens (tertiary/aromatic N) is 3. The molecule has 0 saturated carbocycles. The molecule has 0 aliphatic carbocycles. The van der Waals surface area contributed by atoms with E-state index in [1.165, 1.54) is 18.2 Å². The van der Waals surface area contributed by atoms with E-state index in [-0.39, 0.29) is 17.9 Å². The largest absolute Gasteiger partial charge is 0.488 e. The number of halogens is 1. The fraction of sp³-hybridized carbons (Fsp3) is 0.0833. The third-order valence-electron chi connectivity index (χ3n) is 4.91. The lowest BCUT2D eigenvalue weighted by atomic mass is 10.1. The average Bonchev–Trinajstić information content (AvgIpc) is 3.36. The van der Waals surface area contributed by atoms with E-state index in [9.17, 15) is 17.1 Å². The summed E-state index contributed by atoms with van der Waals surface area (Å²) < 4.78 is 39.2. The highest BCUT2D eigenvalue weighted by atomic mass is 32.3. The van der Waals surface area contributed by atoms with Gasteiger partial charge >= 0.3 is 10.5 Å². The Morgan fingerprint density at radius 1 is 1.11 bits per heavy atom. The van der Waals surface area contributed by atoms with Gasteiger partial charge in [0.25, 0.3) is 5.91 Å². The van der Waals surface area contributed by atoms with Gasteiger partial charge in [-0.25, -0.2) is 4.98 Å². The van der Waals surface area contributed by atoms with E-state index in [4.69, 9.17) is 6.42 Å². The summed E-state index contributed by atoms with van der Waals surface area (Å²) in [5.74, 6) is 2.81. The highest BCUT2D eigenvalue weighted by molar-refractivity contribution is 7.81. The number of aromatic amines is 1. The van der Waals surface area contributed by atoms with E-state index in [1.807, 2.05) is 0 Å². The lowest BCUT2D eigenvalue weighted by Gasteiger charge is -2.11. The molecule has 2 heterocycles. The second kappa shape index (κ2) is 10.7. The predicted molar refractivity (Wildman–Crippen MR) is 130 cm³/mol. The number of hydrogen-bond acceptors (Lipinski definition) is 8. The van der Waals surface area contributed by atoms with Crippen LogP contribution in [0.15, 0.2) is 67.0 Å². The van der Waals surface area contributed by atoms with Crippen molar-refractivity contribution >= 4 is 22.1 Å². The molecular formula is C24H19FN6O4S. The van der Waals surface area contributed by atoms with Gasteiger partial charge in [0.15, 0.2) is 5.82 Å². The van der Waals surface area contributed by atoms with Gasteiger partial charge in [0, 0.05) is 46.9 Å². The van der Waals surface area contributed by atoms with Crippen molar-refractivity contribution in [3.63, 3.8) is 0 Å². The molecule has 4 rings (SSSR count). The highest BCUT2D eigenvalue weighted by Gasteiger charge is 2.15. The third-order valence-corrected chi connectivity index (χ3v) is 5.29. The Kier molecular flexibility index (Phi) is 7.22. The van der Waals surface area contributed by atoms with Crippen LogP contribution in [0.2, 0.25) is 0 Å². The number of hydrogen-bond donors (Lipinski definition) is 3. The van der Waals surface area contributed by atoms with Crippen molar-refractivity contribution in [2.24, 2.45) is 0 Å². The molecule has 2 aromatic heterocycles. The molecule has 0 unspecified atom stereocenters. The van der Waals surface area contributed by atoms with Crippen molar-refractivity contribution in [1.29, 1.82) is 0 Å². The van der Waals surface area contributed by atoms with Crippen molar-refractivity contribution in [2.75, 3.05) is 5.32 Å². The van der Waals surface area contributed by atoms with Gasteiger partial charge in [-0.15, -0.1) is 6.42 Å². The zero-order chi connectivity index (χ0) is 25.5. The molecule has 36 heavy (non-hydrogen) atoms. The normalized spacial score (nSPS) is 10.9. The van der Waals surface area contributed by atoms with Crippen LogP contribution in [-0.2, 0) is 23.6 Å². The number of rotatable bonds is 9. The van der Waals surface area contributed by atoms with E-state index < -0.39 is 16.4 Å². The molecular weight excluding hydrogens is 487 g/mol. The maximum Gasteiger partial charge on any atom is 0.488 e. The number of aromatic nitrogens is 4. The van der Waals surface area contributed by atoms with E-state index in [0.29, 0.717) is 35.0 Å². The van der Waals surface area contributed by atoms with Crippen molar-refractivity contribution in [1.82, 2.24) is 25.5 Å². The Morgan fingerprint density at radius 2 is 1.92 bits per heavy atom. The fourth-order valence-corrected chi connectivity index (χ4v) is 3.61. The summed E-state index contributed by atoms with van der Waals surface area (Å²) in [5, 5.41) is 12.9. The first kappa shape index (κ1) is 24.4. The van der Waals surface area contributed by atoms with Crippen LogP contribution in [0.1, 0.15) is 27.3 Å². The number of carbonyl (C=O) groups is 1. The van der Waals surface area contributed by atoms with Crippen LogP contribution in [0.3, 0.4) is 0 Å². The van der Waals surface area contributed by atoms with Crippen LogP contribution in [0.5, 0.6) is 5.75 Å². The lowest BCUT2D eigenvalue weighted by molar-refractivity contribution is 0.0951. The summed E-state index contributed by atoms with van der Waals surface area (Å²) in [6.07, 6.45) is 8.68. The smallest absolute Gasteiger partial charge is 0.378 e. The summed E-state index contributed by atoms with van der Waals surface area (Å²) in [4.78, 5) is 21.1. The molecule has 4 aromatic rings. The highest BCUT2D eigenvalue weighted by Crippen LogP contribution is 2.22. The average molecular weight is 507 g/mol. The summed E-state index contributed by atoms with van der Waals surface area (Å²) in [5.41, 5.74) is 2.44. The molecule has 2 aromatic carbocycles. The standard InChI is InChI=1S/C24H19FN6O4S/c1-2-16-6-7-21(35-36(25,33)34)19(12-16)14-28-24(32)18-4-3-5-20(13-18)27-15-22-29-23(31-30-22)17-8-10-26-11-9-17/h1,3-13,27H,14-15H2,(H,28,32)(H,29,30,31). The number of H-pyrrole nitrogens is 1. The molecule has 0 aliphatic heterocycles. The fourth-order valence-electron chi connectivity index (χ4n) is 3.23. The quantitative estimate of drug-likeness (QED) is 0.233. The van der Waals surface area contributed by atoms with Gasteiger partial charge in [-0.1, -0.05) is 15.9 Å². The van der Waals surface area contributed by atoms with Crippen molar-refractivity contribution in [3.8, 4) is 29.5 Å². The minimum atomic E-state index is -5.25. The Balaban J connectivity index is 1.40. The number of pyridine rings is 1. The number of nitrogens with one attached hydrogen (secondary N) is 3. The number of benzene rings is 2. The Hall–Kier alpha value is -4.76. The van der Waals surface area contributed by atoms with Crippen LogP contribution >= 0.6 is 0 Å². The molecule has 0 aliphatic rings. The Bertz CT molecular complexity index is 1530. The van der Waals surface area contributed by atoms with Gasteiger partial charge in [-0.05, 0) is 48.5 Å². The molecule has 0 atom stereocenters. The molecule has 0 spiro atoms. The molecule has 12 heteroatoms. The number of anilines is 1. The maximum atomic E-state index is 13.0. The lowest BCUT2D eigenvalue weighted by Crippen LogP contribution is -2.23. The van der Waals surface area contributed by atoms with Crippen LogP contribution in [0.4, 0.5) is 9.57 Å². The molecule has 1 amide bonds. The van der Waals surface area contributed by atoms with Gasteiger partial charge in [-0.2, -0.15) is 13.5 Å². The van der Waals surface area contributed by atoms with Gasteiger partial charge in [-0.3, -0.25) is 14.9 Å². The zero-order valence-corrected chi connectivity index (χ0v) is 19.4. The summed E-state index contributed by atoms with van der Waals surface area (Å²) in [6.45, 7) is 0.188. The molecule has 0 bridgehead atoms. The van der Waals surface area contributed by atoms with Gasteiger partial charge in [0.05, 0.1) is 6.54 Å². The van der Waals surface area contributed by atoms with Crippen LogP contribution in [0, 0.1) is 12.3 Å². The van der Waals surface area contributed by atoms with Crippen molar-refractivity contribution < 1.29 is 21.3 Å². The van der Waals surface area contributed by atoms with Gasteiger partial charge < -0.3 is 14.8 Å². The first-order valence-electron chi connectivity index (χ1n) is 10.5. The van der Waals surface area contributed by atoms with Crippen molar-refractivity contribution in [2.45, 2.75) is 13.1 Å². The minimum absolute atomic E-state index is 0.146. The van der Waals surface area contributed by atoms with E-state index in [0.717, 1.165) is 5.56 Å². The van der Waals surface area contributed by atoms with Crippen LogP contribution < -0.4 is 14.8 Å². The number of terminal acetylenes is 1. The molecule has 3 N–H and O–H groups in total. The first-order valence-corrected chi connectivity index (χ1v) is 11.8. The van der Waals surface area contributed by atoms with E-state index >= 15 is 0 Å². The van der Waals surface area contributed by atoms with Crippen molar-refractivity contribution in [3.05, 3.63) is 89.5 Å². The Labute approximate surface area is 206 Å². The van der Waals surface area contributed by atoms with E-state index in [2.05, 4.69) is 40.9 Å². The number of carbonyl (C=O) groups excluding carboxylic acids is 1. The SMILES string of the molecule is C#Cc1ccc(OS(=O)(=O)F)c(CNC(=O)c2cccc(NCc3nc(-c4ccncc4)n[nH]3)c2)c1. The van der Waals surface area contributed by atoms with Crippen LogP contribution in [0.25, 0.3) is 11.4 Å². The molecule has 10 nitrogen and oxygen atoms in total. The second-order valence-electron chi connectivity index (χ2n) is 7.40. The maximum absolute atomic E-state index is 13.0. The molecule has 0 fully saturated rings. The van der Waals surface area contributed by atoms with Crippen LogP contribution in [-0.4, -0.2) is 34.5 Å². The monoisotopic (exact) mass is 506 g/mol. The van der Waals surface area contributed by atoms with E-state index in [1.54, 1.807) is 48.8 Å². The number of amides is 1. The molecule has 182 valence electrons. The topological polar surface area (TPSA) is 139 Å². The summed E-state index contributed by atoms with van der Waals surface area (Å²) in [7, 11) is -5.25. The van der Waals surface area contributed by atoms with Gasteiger partial charge in [0.1, 0.15) is 11.6 Å². The minimum Gasteiger partial charge on any atom is -0.378 e. The van der Waals surface area contributed by atoms with Gasteiger partial charge in [0.2, 0.25) is 0 Å². The molecule has 0 radical (unpaired) electrons. The first-order chi connectivity index (χ1) is 17.3. The third kappa shape index (κ3) is 6.43. The zero-order valence-electron chi connectivity index (χ0n) is 18.6. The second-order valence-corrected chi connectivity index (χ2v) is 8.35. The Morgan fingerprint density at radius 3 is 2.67 bits per heavy atom. The summed E-state index contributed by atoms with van der Waals surface area (Å²) in [6, 6.07) is 14.4. The summed E-state index contributed by atoms with van der Waals surface area (Å²) >= 11 is 0. The predicted octanol–water partition coefficient (Wildman–Crippen LogP) is 2.98. The molecule has 0 saturated heterocycles.